The van der Waals surface area contributed by atoms with Gasteiger partial charge in [0.15, 0.2) is 0 Å². The van der Waals surface area contributed by atoms with Crippen LogP contribution in [-0.2, 0) is 4.79 Å². The highest BCUT2D eigenvalue weighted by Gasteiger charge is 2.66. The maximum atomic E-state index is 12.9. The van der Waals surface area contributed by atoms with Gasteiger partial charge >= 0.3 is 0 Å². The molecule has 0 saturated heterocycles. The molecule has 6 atom stereocenters. The Labute approximate surface area is 134 Å². The van der Waals surface area contributed by atoms with E-state index in [0.717, 1.165) is 38.5 Å². The van der Waals surface area contributed by atoms with Crippen LogP contribution in [0.2, 0.25) is 0 Å². The van der Waals surface area contributed by atoms with Crippen molar-refractivity contribution in [3.63, 3.8) is 0 Å². The molecule has 2 bridgehead atoms. The lowest BCUT2D eigenvalue weighted by Gasteiger charge is -2.67. The summed E-state index contributed by atoms with van der Waals surface area (Å²) in [5.41, 5.74) is 1.43. The minimum absolute atomic E-state index is 0.0225. The van der Waals surface area contributed by atoms with Crippen molar-refractivity contribution in [3.8, 4) is 0 Å². The quantitative estimate of drug-likeness (QED) is 0.683. The third-order valence-electron chi connectivity index (χ3n) is 8.48. The molecule has 1 spiro atoms. The van der Waals surface area contributed by atoms with Gasteiger partial charge in [0.2, 0.25) is 0 Å². The van der Waals surface area contributed by atoms with E-state index >= 15 is 0 Å². The number of rotatable bonds is 0. The van der Waals surface area contributed by atoms with Crippen LogP contribution in [0.3, 0.4) is 0 Å². The third kappa shape index (κ3) is 1.58. The Morgan fingerprint density at radius 1 is 1.14 bits per heavy atom. The van der Waals surface area contributed by atoms with Gasteiger partial charge in [-0.05, 0) is 67.1 Å². The molecule has 0 aromatic rings. The fraction of sp³-hybridized carbons (Fsp3) is 0.850. The summed E-state index contributed by atoms with van der Waals surface area (Å²) in [5.74, 6) is 2.02. The van der Waals surface area contributed by atoms with Crippen LogP contribution in [0.1, 0.15) is 65.7 Å². The molecule has 5 aliphatic carbocycles. The van der Waals surface area contributed by atoms with E-state index in [1.54, 1.807) is 0 Å². The summed E-state index contributed by atoms with van der Waals surface area (Å²) < 4.78 is 0. The van der Waals surface area contributed by atoms with E-state index in [1.165, 1.54) is 12.0 Å². The number of aliphatic hydroxyl groups excluding tert-OH is 1. The van der Waals surface area contributed by atoms with Gasteiger partial charge in [-0.15, -0.1) is 0 Å². The molecule has 22 heavy (non-hydrogen) atoms. The number of Topliss-reactive ketones (excluding diaryl/α,β-unsaturated/α-hetero) is 1. The molecule has 0 heterocycles. The van der Waals surface area contributed by atoms with Gasteiger partial charge in [0.25, 0.3) is 0 Å². The van der Waals surface area contributed by atoms with Crippen molar-refractivity contribution in [2.24, 2.45) is 34.0 Å². The molecule has 0 amide bonds. The summed E-state index contributed by atoms with van der Waals surface area (Å²) in [6, 6.07) is 0. The molecule has 5 saturated carbocycles. The molecule has 5 fully saturated rings. The highest BCUT2D eigenvalue weighted by Crippen LogP contribution is 2.70. The van der Waals surface area contributed by atoms with Gasteiger partial charge in [0.05, 0.1) is 6.10 Å². The number of hydrogen-bond acceptors (Lipinski definition) is 2. The van der Waals surface area contributed by atoms with Crippen LogP contribution in [-0.4, -0.2) is 17.0 Å². The minimum Gasteiger partial charge on any atom is -0.393 e. The van der Waals surface area contributed by atoms with Crippen molar-refractivity contribution >= 4 is 5.78 Å². The maximum absolute atomic E-state index is 12.9. The van der Waals surface area contributed by atoms with Crippen molar-refractivity contribution in [2.75, 3.05) is 0 Å². The van der Waals surface area contributed by atoms with Crippen LogP contribution >= 0.6 is 0 Å². The van der Waals surface area contributed by atoms with E-state index in [9.17, 15) is 9.90 Å². The van der Waals surface area contributed by atoms with Gasteiger partial charge < -0.3 is 5.11 Å². The average Bonchev–Trinajstić information content (AvgIpc) is 2.44. The second-order valence-corrected chi connectivity index (χ2v) is 9.58. The molecular formula is C20H30O2. The van der Waals surface area contributed by atoms with E-state index in [4.69, 9.17) is 0 Å². The summed E-state index contributed by atoms with van der Waals surface area (Å²) in [4.78, 5) is 12.9. The lowest BCUT2D eigenvalue weighted by Crippen LogP contribution is -2.64. The van der Waals surface area contributed by atoms with Crippen LogP contribution in [0.5, 0.6) is 0 Å². The molecule has 5 rings (SSSR count). The summed E-state index contributed by atoms with van der Waals surface area (Å²) >= 11 is 0. The van der Waals surface area contributed by atoms with Crippen LogP contribution < -0.4 is 0 Å². The van der Waals surface area contributed by atoms with Crippen LogP contribution in [0.15, 0.2) is 12.2 Å². The Bertz CT molecular complexity index is 548. The largest absolute Gasteiger partial charge is 0.393 e. The van der Waals surface area contributed by atoms with Gasteiger partial charge in [-0.2, -0.15) is 0 Å². The maximum Gasteiger partial charge on any atom is 0.140 e. The molecule has 2 heteroatoms. The monoisotopic (exact) mass is 302 g/mol. The SMILES string of the molecule is C=C1C[C@@]23CC[C@@H]4C(C)(C)[C@H](O)CC[C@@]4(C)[C@H]2C[C@@H]1CC3=O. The minimum atomic E-state index is -0.189. The molecule has 0 aromatic heterocycles. The molecule has 2 nitrogen and oxygen atoms in total. The van der Waals surface area contributed by atoms with Gasteiger partial charge in [-0.25, -0.2) is 0 Å². The fourth-order valence-electron chi connectivity index (χ4n) is 7.20. The zero-order valence-corrected chi connectivity index (χ0v) is 14.3. The topological polar surface area (TPSA) is 37.3 Å². The molecule has 1 N–H and O–H groups in total. The smallest absolute Gasteiger partial charge is 0.140 e. The summed E-state index contributed by atoms with van der Waals surface area (Å²) in [7, 11) is 0. The lowest BCUT2D eigenvalue weighted by molar-refractivity contribution is -0.196. The second-order valence-electron chi connectivity index (χ2n) is 9.58. The number of carbonyl (C=O) groups is 1. The Hall–Kier alpha value is -0.630. The number of ketones is 1. The number of allylic oxidation sites excluding steroid dienone is 1. The van der Waals surface area contributed by atoms with E-state index in [-0.39, 0.29) is 22.3 Å². The van der Waals surface area contributed by atoms with Crippen LogP contribution in [0, 0.1) is 34.0 Å². The highest BCUT2D eigenvalue weighted by atomic mass is 16.3. The first kappa shape index (κ1) is 14.9. The van der Waals surface area contributed by atoms with E-state index in [1.807, 2.05) is 0 Å². The Kier molecular flexibility index (Phi) is 2.89. The zero-order valence-electron chi connectivity index (χ0n) is 14.3. The van der Waals surface area contributed by atoms with Crippen LogP contribution in [0.25, 0.3) is 0 Å². The predicted molar refractivity (Wildman–Crippen MR) is 87.3 cm³/mol. The molecule has 122 valence electrons. The summed E-state index contributed by atoms with van der Waals surface area (Å²) in [6.07, 6.45) is 6.79. The Balaban J connectivity index is 1.78. The molecule has 0 radical (unpaired) electrons. The number of fused-ring (bicyclic) bond motifs is 3. The van der Waals surface area contributed by atoms with Crippen molar-refractivity contribution in [1.29, 1.82) is 0 Å². The molecule has 0 aliphatic heterocycles. The highest BCUT2D eigenvalue weighted by molar-refractivity contribution is 5.88. The van der Waals surface area contributed by atoms with E-state index in [2.05, 4.69) is 27.4 Å². The van der Waals surface area contributed by atoms with Gasteiger partial charge in [-0.1, -0.05) is 32.9 Å². The number of aliphatic hydroxyl groups is 1. The normalized spacial score (nSPS) is 53.1. The van der Waals surface area contributed by atoms with E-state index < -0.39 is 0 Å². The first-order chi connectivity index (χ1) is 10.2. The van der Waals surface area contributed by atoms with Gasteiger partial charge in [0.1, 0.15) is 5.78 Å². The molecular weight excluding hydrogens is 272 g/mol. The zero-order chi connectivity index (χ0) is 15.9. The first-order valence-electron chi connectivity index (χ1n) is 9.11. The average molecular weight is 302 g/mol. The van der Waals surface area contributed by atoms with Crippen molar-refractivity contribution < 1.29 is 9.90 Å². The summed E-state index contributed by atoms with van der Waals surface area (Å²) in [5, 5.41) is 10.5. The van der Waals surface area contributed by atoms with Crippen LogP contribution in [0.4, 0.5) is 0 Å². The summed E-state index contributed by atoms with van der Waals surface area (Å²) in [6.45, 7) is 11.2. The Morgan fingerprint density at radius 3 is 2.59 bits per heavy atom. The molecule has 5 aliphatic rings. The number of hydrogen-bond donors (Lipinski definition) is 1. The second kappa shape index (κ2) is 4.26. The first-order valence-corrected chi connectivity index (χ1v) is 9.11. The molecule has 0 unspecified atom stereocenters. The predicted octanol–water partition coefficient (Wildman–Crippen LogP) is 4.13. The van der Waals surface area contributed by atoms with Gasteiger partial charge in [0, 0.05) is 11.8 Å². The lowest BCUT2D eigenvalue weighted by atomic mass is 9.36. The standard InChI is InChI=1S/C20H30O2/c1-12-11-20-8-5-14-18(2,3)16(21)6-7-19(14,4)15(20)9-13(12)10-17(20)22/h13-16,21H,1,5-11H2,2-4H3/t13-,14-,15-,16-,19-,20+/m1/s1. The number of carbonyl (C=O) groups excluding carboxylic acids is 1. The molecule has 0 aromatic carbocycles. The van der Waals surface area contributed by atoms with Crippen molar-refractivity contribution in [1.82, 2.24) is 0 Å². The Morgan fingerprint density at radius 2 is 1.86 bits per heavy atom. The van der Waals surface area contributed by atoms with Crippen molar-refractivity contribution in [2.45, 2.75) is 71.8 Å². The third-order valence-corrected chi connectivity index (χ3v) is 8.48. The fourth-order valence-corrected chi connectivity index (χ4v) is 7.20. The van der Waals surface area contributed by atoms with Crippen molar-refractivity contribution in [3.05, 3.63) is 12.2 Å². The van der Waals surface area contributed by atoms with Gasteiger partial charge in [-0.3, -0.25) is 4.79 Å². The van der Waals surface area contributed by atoms with E-state index in [0.29, 0.717) is 23.5 Å².